The first-order valence-corrected chi connectivity index (χ1v) is 11.2. The fraction of sp³-hybridized carbons (Fsp3) is 0.192. The zero-order chi connectivity index (χ0) is 25.2. The number of ketones is 1. The second-order valence-electron chi connectivity index (χ2n) is 8.49. The molecule has 0 aliphatic heterocycles. The molecule has 3 aromatic carbocycles. The number of fused-ring (bicyclic) bond motifs is 1. The van der Waals surface area contributed by atoms with Gasteiger partial charge >= 0.3 is 12.0 Å². The van der Waals surface area contributed by atoms with E-state index in [1.54, 1.807) is 48.5 Å². The van der Waals surface area contributed by atoms with Gasteiger partial charge in [0.2, 0.25) is 0 Å². The molecule has 4 N–H and O–H groups in total. The first-order chi connectivity index (χ1) is 16.7. The number of aliphatic hydroxyl groups is 1. The highest BCUT2D eigenvalue weighted by molar-refractivity contribution is 6.30. The van der Waals surface area contributed by atoms with Crippen molar-refractivity contribution in [1.82, 2.24) is 0 Å². The van der Waals surface area contributed by atoms with Crippen LogP contribution in [0.1, 0.15) is 28.8 Å². The number of carbonyl (C=O) groups is 3. The monoisotopic (exact) mass is 496 g/mol. The molecule has 1 unspecified atom stereocenters. The first-order valence-electron chi connectivity index (χ1n) is 10.8. The van der Waals surface area contributed by atoms with Gasteiger partial charge in [0, 0.05) is 16.3 Å². The summed E-state index contributed by atoms with van der Waals surface area (Å²) in [5, 5.41) is 24.4. The minimum atomic E-state index is -1.33. The van der Waals surface area contributed by atoms with Crippen LogP contribution < -0.4 is 10.6 Å². The van der Waals surface area contributed by atoms with Gasteiger partial charge in [0.15, 0.2) is 5.78 Å². The highest BCUT2D eigenvalue weighted by Crippen LogP contribution is 2.39. The average Bonchev–Trinajstić information content (AvgIpc) is 2.82. The van der Waals surface area contributed by atoms with E-state index in [1.807, 2.05) is 0 Å². The summed E-state index contributed by atoms with van der Waals surface area (Å²) in [7, 11) is 0. The maximum atomic E-state index is 14.8. The smallest absolute Gasteiger partial charge is 0.323 e. The molecule has 1 aliphatic rings. The molecule has 3 aromatic rings. The number of benzene rings is 3. The number of Topliss-reactive ketones (excluding diaryl/α,β-unsaturated/α-hetero) is 1. The van der Waals surface area contributed by atoms with Crippen LogP contribution in [-0.4, -0.2) is 34.6 Å². The Labute approximate surface area is 205 Å². The molecule has 0 saturated carbocycles. The fourth-order valence-electron chi connectivity index (χ4n) is 4.29. The summed E-state index contributed by atoms with van der Waals surface area (Å²) in [6, 6.07) is 15.3. The van der Waals surface area contributed by atoms with Crippen LogP contribution in [0.3, 0.4) is 0 Å². The van der Waals surface area contributed by atoms with Crippen LogP contribution in [0.15, 0.2) is 60.7 Å². The Bertz CT molecular complexity index is 1330. The van der Waals surface area contributed by atoms with Crippen LogP contribution in [0.5, 0.6) is 0 Å². The third-order valence-corrected chi connectivity index (χ3v) is 6.36. The fourth-order valence-corrected chi connectivity index (χ4v) is 4.48. The SMILES string of the molecule is O=C(O)CC1(CO)CCc2cc(-c3ccc(NC(=O)Nc4cccc(Cl)c4)c(F)c3)ccc2C1=O. The van der Waals surface area contributed by atoms with Crippen molar-refractivity contribution in [3.8, 4) is 11.1 Å². The number of hydrogen-bond acceptors (Lipinski definition) is 4. The van der Waals surface area contributed by atoms with Crippen molar-refractivity contribution < 1.29 is 29.0 Å². The highest BCUT2D eigenvalue weighted by atomic mass is 35.5. The number of halogens is 2. The van der Waals surface area contributed by atoms with Crippen LogP contribution >= 0.6 is 11.6 Å². The second kappa shape index (κ2) is 9.85. The van der Waals surface area contributed by atoms with Crippen LogP contribution in [0.4, 0.5) is 20.6 Å². The zero-order valence-corrected chi connectivity index (χ0v) is 19.2. The van der Waals surface area contributed by atoms with E-state index in [0.717, 1.165) is 0 Å². The number of aryl methyl sites for hydroxylation is 1. The summed E-state index contributed by atoms with van der Waals surface area (Å²) in [5.74, 6) is -2.18. The van der Waals surface area contributed by atoms with Gasteiger partial charge in [-0.1, -0.05) is 41.9 Å². The van der Waals surface area contributed by atoms with Crippen LogP contribution in [0.2, 0.25) is 5.02 Å². The average molecular weight is 497 g/mol. The molecule has 0 spiro atoms. The molecule has 0 heterocycles. The minimum Gasteiger partial charge on any atom is -0.481 e. The van der Waals surface area contributed by atoms with Crippen molar-refractivity contribution in [2.24, 2.45) is 5.41 Å². The summed E-state index contributed by atoms with van der Waals surface area (Å²) >= 11 is 5.90. The van der Waals surface area contributed by atoms with E-state index >= 15 is 0 Å². The van der Waals surface area contributed by atoms with Crippen molar-refractivity contribution in [1.29, 1.82) is 0 Å². The van der Waals surface area contributed by atoms with Crippen molar-refractivity contribution in [3.63, 3.8) is 0 Å². The molecule has 0 bridgehead atoms. The van der Waals surface area contributed by atoms with Crippen molar-refractivity contribution in [2.45, 2.75) is 19.3 Å². The summed E-state index contributed by atoms with van der Waals surface area (Å²) in [4.78, 5) is 36.4. The van der Waals surface area contributed by atoms with E-state index in [9.17, 15) is 29.0 Å². The van der Waals surface area contributed by atoms with Crippen molar-refractivity contribution in [3.05, 3.63) is 82.6 Å². The maximum Gasteiger partial charge on any atom is 0.323 e. The molecular formula is C26H22ClFN2O5. The van der Waals surface area contributed by atoms with Gasteiger partial charge in [0.05, 0.1) is 24.1 Å². The summed E-state index contributed by atoms with van der Waals surface area (Å²) in [6.45, 7) is -0.538. The number of carboxylic acid groups (broad SMARTS) is 1. The summed E-state index contributed by atoms with van der Waals surface area (Å²) < 4.78 is 14.8. The number of amides is 2. The molecule has 2 amide bonds. The second-order valence-corrected chi connectivity index (χ2v) is 8.93. The lowest BCUT2D eigenvalue weighted by Gasteiger charge is -2.34. The Morgan fingerprint density at radius 3 is 2.46 bits per heavy atom. The Morgan fingerprint density at radius 2 is 1.77 bits per heavy atom. The van der Waals surface area contributed by atoms with Gasteiger partial charge in [-0.3, -0.25) is 9.59 Å². The zero-order valence-electron chi connectivity index (χ0n) is 18.5. The van der Waals surface area contributed by atoms with Gasteiger partial charge in [0.25, 0.3) is 0 Å². The lowest BCUT2D eigenvalue weighted by molar-refractivity contribution is -0.139. The van der Waals surface area contributed by atoms with Gasteiger partial charge in [-0.25, -0.2) is 9.18 Å². The van der Waals surface area contributed by atoms with E-state index in [0.29, 0.717) is 39.4 Å². The van der Waals surface area contributed by atoms with Gasteiger partial charge < -0.3 is 20.8 Å². The van der Waals surface area contributed by atoms with Crippen LogP contribution in [-0.2, 0) is 11.2 Å². The van der Waals surface area contributed by atoms with E-state index in [2.05, 4.69) is 10.6 Å². The van der Waals surface area contributed by atoms with Gasteiger partial charge in [-0.05, 0) is 59.9 Å². The van der Waals surface area contributed by atoms with E-state index < -0.39 is 42.0 Å². The third-order valence-electron chi connectivity index (χ3n) is 6.13. The molecule has 0 saturated heterocycles. The number of urea groups is 1. The molecule has 1 aliphatic carbocycles. The Kier molecular flexibility index (Phi) is 6.86. The predicted molar refractivity (Wildman–Crippen MR) is 130 cm³/mol. The number of carbonyl (C=O) groups excluding carboxylic acids is 2. The van der Waals surface area contributed by atoms with Gasteiger partial charge in [0.1, 0.15) is 5.82 Å². The summed E-state index contributed by atoms with van der Waals surface area (Å²) in [6.07, 6.45) is 0.187. The molecule has 35 heavy (non-hydrogen) atoms. The molecule has 0 radical (unpaired) electrons. The predicted octanol–water partition coefficient (Wildman–Crippen LogP) is 5.37. The van der Waals surface area contributed by atoms with E-state index in [-0.39, 0.29) is 12.1 Å². The lowest BCUT2D eigenvalue weighted by Crippen LogP contribution is -2.41. The number of anilines is 2. The number of nitrogens with one attached hydrogen (secondary N) is 2. The Hall–Kier alpha value is -3.75. The van der Waals surface area contributed by atoms with Gasteiger partial charge in [-0.2, -0.15) is 0 Å². The number of aliphatic carboxylic acids is 1. The quantitative estimate of drug-likeness (QED) is 0.366. The molecule has 0 aromatic heterocycles. The Balaban J connectivity index is 1.52. The molecule has 4 rings (SSSR count). The molecule has 180 valence electrons. The molecule has 9 heteroatoms. The number of hydrogen-bond donors (Lipinski definition) is 4. The van der Waals surface area contributed by atoms with Gasteiger partial charge in [-0.15, -0.1) is 0 Å². The molecule has 7 nitrogen and oxygen atoms in total. The van der Waals surface area contributed by atoms with Crippen molar-refractivity contribution in [2.75, 3.05) is 17.2 Å². The molecule has 0 fully saturated rings. The largest absolute Gasteiger partial charge is 0.481 e. The minimum absolute atomic E-state index is 0.0113. The number of rotatable bonds is 6. The molecule has 1 atom stereocenters. The topological polar surface area (TPSA) is 116 Å². The standard InChI is InChI=1S/C26H22ClFN2O5/c27-18-2-1-3-19(12-18)29-25(35)30-22-7-5-16(11-21(22)28)15-4-6-20-17(10-15)8-9-26(14-31,24(20)34)13-23(32)33/h1-7,10-12,31H,8-9,13-14H2,(H,32,33)(H2,29,30,35). The molecular weight excluding hydrogens is 475 g/mol. The Morgan fingerprint density at radius 1 is 1.03 bits per heavy atom. The van der Waals surface area contributed by atoms with E-state index in [1.165, 1.54) is 12.1 Å². The maximum absolute atomic E-state index is 14.8. The van der Waals surface area contributed by atoms with Crippen LogP contribution in [0.25, 0.3) is 11.1 Å². The number of aliphatic hydroxyl groups excluding tert-OH is 1. The normalized spacial score (nSPS) is 16.9. The van der Waals surface area contributed by atoms with E-state index in [4.69, 9.17) is 11.6 Å². The number of carboxylic acids is 1. The lowest BCUT2D eigenvalue weighted by atomic mass is 9.68. The summed E-state index contributed by atoms with van der Waals surface area (Å²) in [5.41, 5.74) is 1.42. The van der Waals surface area contributed by atoms with Crippen molar-refractivity contribution >= 4 is 40.8 Å². The first kappa shape index (κ1) is 24.4. The highest BCUT2D eigenvalue weighted by Gasteiger charge is 2.43. The third kappa shape index (κ3) is 5.18. The van der Waals surface area contributed by atoms with Crippen LogP contribution in [0, 0.1) is 11.2 Å².